The molecule has 0 aliphatic heterocycles. The lowest BCUT2D eigenvalue weighted by atomic mass is 10.1. The van der Waals surface area contributed by atoms with Gasteiger partial charge in [0.25, 0.3) is 0 Å². The Labute approximate surface area is 124 Å². The fraction of sp³-hybridized carbons (Fsp3) is 0.400. The maximum Gasteiger partial charge on any atom is 0.317 e. The highest BCUT2D eigenvalue weighted by atomic mass is 16.4. The van der Waals surface area contributed by atoms with Crippen LogP contribution in [0.1, 0.15) is 24.5 Å². The minimum absolute atomic E-state index is 0.269. The Hall–Kier alpha value is -2.55. The van der Waals surface area contributed by atoms with Crippen LogP contribution in [-0.2, 0) is 11.3 Å². The average Bonchev–Trinajstić information content (AvgIpc) is 2.46. The zero-order valence-corrected chi connectivity index (χ0v) is 12.2. The summed E-state index contributed by atoms with van der Waals surface area (Å²) in [5.41, 5.74) is 1.42. The zero-order chi connectivity index (χ0) is 15.8. The Morgan fingerprint density at radius 3 is 2.81 bits per heavy atom. The summed E-state index contributed by atoms with van der Waals surface area (Å²) >= 11 is 0. The van der Waals surface area contributed by atoms with E-state index in [1.54, 1.807) is 32.2 Å². The third-order valence-electron chi connectivity index (χ3n) is 3.10. The molecule has 0 fully saturated rings. The first kappa shape index (κ1) is 16.5. The van der Waals surface area contributed by atoms with Crippen molar-refractivity contribution < 1.29 is 14.7 Å². The molecule has 0 aliphatic carbocycles. The Morgan fingerprint density at radius 1 is 1.48 bits per heavy atom. The molecule has 0 spiro atoms. The van der Waals surface area contributed by atoms with Gasteiger partial charge in [-0.2, -0.15) is 5.26 Å². The highest BCUT2D eigenvalue weighted by Gasteiger charge is 2.13. The molecule has 0 heterocycles. The van der Waals surface area contributed by atoms with Crippen molar-refractivity contribution in [3.63, 3.8) is 0 Å². The van der Waals surface area contributed by atoms with E-state index in [0.717, 1.165) is 5.56 Å². The Balaban J connectivity index is 2.44. The van der Waals surface area contributed by atoms with Crippen LogP contribution in [0.4, 0.5) is 4.79 Å². The van der Waals surface area contributed by atoms with Gasteiger partial charge < -0.3 is 15.3 Å². The normalized spacial score (nSPS) is 11.3. The van der Waals surface area contributed by atoms with E-state index in [4.69, 9.17) is 10.4 Å². The number of nitrogens with one attached hydrogen (secondary N) is 1. The van der Waals surface area contributed by atoms with Crippen molar-refractivity contribution in [2.75, 3.05) is 13.6 Å². The molecule has 0 radical (unpaired) electrons. The van der Waals surface area contributed by atoms with Gasteiger partial charge in [-0.25, -0.2) is 4.79 Å². The quantitative estimate of drug-likeness (QED) is 0.835. The third kappa shape index (κ3) is 5.53. The van der Waals surface area contributed by atoms with Crippen LogP contribution in [0.3, 0.4) is 0 Å². The molecule has 1 aromatic carbocycles. The predicted molar refractivity (Wildman–Crippen MR) is 77.4 cm³/mol. The number of nitriles is 1. The average molecular weight is 289 g/mol. The van der Waals surface area contributed by atoms with Crippen LogP contribution in [0.2, 0.25) is 0 Å². The molecule has 21 heavy (non-hydrogen) atoms. The van der Waals surface area contributed by atoms with E-state index in [1.165, 1.54) is 4.90 Å². The van der Waals surface area contributed by atoms with E-state index in [2.05, 4.69) is 11.4 Å². The molecule has 0 saturated heterocycles. The van der Waals surface area contributed by atoms with Crippen LogP contribution in [0, 0.1) is 17.2 Å². The van der Waals surface area contributed by atoms with Crippen LogP contribution >= 0.6 is 0 Å². The van der Waals surface area contributed by atoms with Gasteiger partial charge in [-0.1, -0.05) is 19.1 Å². The molecule has 6 nitrogen and oxygen atoms in total. The second-order valence-electron chi connectivity index (χ2n) is 4.93. The molecule has 0 aromatic heterocycles. The molecule has 2 amide bonds. The summed E-state index contributed by atoms with van der Waals surface area (Å²) in [5.74, 6) is -1.35. The van der Waals surface area contributed by atoms with Crippen molar-refractivity contribution in [3.8, 4) is 6.07 Å². The topological polar surface area (TPSA) is 93.4 Å². The summed E-state index contributed by atoms with van der Waals surface area (Å²) < 4.78 is 0. The number of nitrogens with zero attached hydrogens (tertiary/aromatic N) is 2. The van der Waals surface area contributed by atoms with E-state index in [0.29, 0.717) is 25.1 Å². The van der Waals surface area contributed by atoms with E-state index in [9.17, 15) is 9.59 Å². The highest BCUT2D eigenvalue weighted by Crippen LogP contribution is 2.07. The summed E-state index contributed by atoms with van der Waals surface area (Å²) in [4.78, 5) is 24.0. The van der Waals surface area contributed by atoms with Gasteiger partial charge in [-0.3, -0.25) is 4.79 Å². The molecule has 0 aliphatic rings. The maximum absolute atomic E-state index is 11.9. The number of carbonyl (C=O) groups excluding carboxylic acids is 1. The molecule has 1 rings (SSSR count). The molecular formula is C15H19N3O3. The number of benzene rings is 1. The number of hydrogen-bond donors (Lipinski definition) is 2. The van der Waals surface area contributed by atoms with Gasteiger partial charge in [0.15, 0.2) is 0 Å². The van der Waals surface area contributed by atoms with Crippen LogP contribution in [0.25, 0.3) is 0 Å². The van der Waals surface area contributed by atoms with E-state index in [1.807, 2.05) is 6.07 Å². The minimum atomic E-state index is -0.870. The molecule has 1 atom stereocenters. The van der Waals surface area contributed by atoms with Gasteiger partial charge in [0.05, 0.1) is 17.6 Å². The molecule has 1 aromatic rings. The van der Waals surface area contributed by atoms with Gasteiger partial charge in [-0.15, -0.1) is 0 Å². The van der Waals surface area contributed by atoms with E-state index >= 15 is 0 Å². The minimum Gasteiger partial charge on any atom is -0.481 e. The lowest BCUT2D eigenvalue weighted by Crippen LogP contribution is -2.38. The van der Waals surface area contributed by atoms with E-state index < -0.39 is 11.9 Å². The number of urea groups is 1. The summed E-state index contributed by atoms with van der Waals surface area (Å²) in [6.45, 7) is 2.30. The number of carboxylic acid groups (broad SMARTS) is 1. The first-order valence-electron chi connectivity index (χ1n) is 6.65. The fourth-order valence-corrected chi connectivity index (χ4v) is 1.74. The molecule has 0 saturated carbocycles. The lowest BCUT2D eigenvalue weighted by molar-refractivity contribution is -0.141. The molecule has 1 unspecified atom stereocenters. The standard InChI is InChI=1S/C15H19N3O3/c1-11(14(19)20)6-7-17-15(21)18(2)10-13-5-3-4-12(8-13)9-16/h3-5,8,11H,6-7,10H2,1-2H3,(H,17,21)(H,19,20). The van der Waals surface area contributed by atoms with Crippen molar-refractivity contribution in [3.05, 3.63) is 35.4 Å². The maximum atomic E-state index is 11.9. The Kier molecular flexibility index (Phi) is 6.21. The van der Waals surface area contributed by atoms with Crippen molar-refractivity contribution in [1.29, 1.82) is 5.26 Å². The lowest BCUT2D eigenvalue weighted by Gasteiger charge is -2.18. The Bertz CT molecular complexity index is 551. The van der Waals surface area contributed by atoms with Gasteiger partial charge in [0, 0.05) is 20.1 Å². The first-order valence-corrected chi connectivity index (χ1v) is 6.65. The van der Waals surface area contributed by atoms with Crippen molar-refractivity contribution >= 4 is 12.0 Å². The smallest absolute Gasteiger partial charge is 0.317 e. The predicted octanol–water partition coefficient (Wildman–Crippen LogP) is 1.81. The molecule has 112 valence electrons. The van der Waals surface area contributed by atoms with Crippen LogP contribution in [0.15, 0.2) is 24.3 Å². The number of rotatable bonds is 6. The van der Waals surface area contributed by atoms with Crippen molar-refractivity contribution in [1.82, 2.24) is 10.2 Å². The summed E-state index contributed by atoms with van der Waals surface area (Å²) in [5, 5.41) is 20.3. The van der Waals surface area contributed by atoms with Gasteiger partial charge in [0.2, 0.25) is 0 Å². The fourth-order valence-electron chi connectivity index (χ4n) is 1.74. The summed E-state index contributed by atoms with van der Waals surface area (Å²) in [7, 11) is 1.65. The Morgan fingerprint density at radius 2 is 2.19 bits per heavy atom. The van der Waals surface area contributed by atoms with Crippen molar-refractivity contribution in [2.24, 2.45) is 5.92 Å². The van der Waals surface area contributed by atoms with Gasteiger partial charge in [0.1, 0.15) is 0 Å². The van der Waals surface area contributed by atoms with Gasteiger partial charge in [-0.05, 0) is 24.1 Å². The first-order chi connectivity index (χ1) is 9.93. The second kappa shape index (κ2) is 7.90. The summed E-state index contributed by atoms with van der Waals surface area (Å²) in [6, 6.07) is 8.84. The number of carboxylic acids is 1. The van der Waals surface area contributed by atoms with Crippen LogP contribution in [-0.4, -0.2) is 35.6 Å². The molecule has 6 heteroatoms. The SMILES string of the molecule is CC(CCNC(=O)N(C)Cc1cccc(C#N)c1)C(=O)O. The van der Waals surface area contributed by atoms with Gasteiger partial charge >= 0.3 is 12.0 Å². The number of aliphatic carboxylic acids is 1. The van der Waals surface area contributed by atoms with E-state index in [-0.39, 0.29) is 6.03 Å². The monoisotopic (exact) mass is 289 g/mol. The second-order valence-corrected chi connectivity index (χ2v) is 4.93. The largest absolute Gasteiger partial charge is 0.481 e. The molecule has 0 bridgehead atoms. The number of carbonyl (C=O) groups is 2. The van der Waals surface area contributed by atoms with Crippen LogP contribution < -0.4 is 5.32 Å². The van der Waals surface area contributed by atoms with Crippen LogP contribution in [0.5, 0.6) is 0 Å². The van der Waals surface area contributed by atoms with Crippen molar-refractivity contribution in [2.45, 2.75) is 19.9 Å². The third-order valence-corrected chi connectivity index (χ3v) is 3.10. The molecule has 2 N–H and O–H groups in total. The molecular weight excluding hydrogens is 270 g/mol. The zero-order valence-electron chi connectivity index (χ0n) is 12.2. The highest BCUT2D eigenvalue weighted by molar-refractivity contribution is 5.74. The number of hydrogen-bond acceptors (Lipinski definition) is 3. The number of amides is 2. The summed E-state index contributed by atoms with van der Waals surface area (Å²) in [6.07, 6.45) is 0.388.